The van der Waals surface area contributed by atoms with E-state index < -0.39 is 0 Å². The van der Waals surface area contributed by atoms with Crippen LogP contribution in [-0.2, 0) is 13.0 Å². The van der Waals surface area contributed by atoms with Crippen LogP contribution in [-0.4, -0.2) is 63.6 Å². The number of amides is 2. The molecule has 180 valence electrons. The molecule has 0 radical (unpaired) electrons. The molecule has 2 aliphatic rings. The number of halogens is 1. The molecule has 5 rings (SSSR count). The van der Waals surface area contributed by atoms with Crippen molar-refractivity contribution in [2.45, 2.75) is 50.7 Å². The van der Waals surface area contributed by atoms with Crippen molar-refractivity contribution in [1.29, 1.82) is 0 Å². The zero-order chi connectivity index (χ0) is 23.7. The lowest BCUT2D eigenvalue weighted by molar-refractivity contribution is 0.0860. The number of carbonyl (C=O) groups is 2. The predicted octanol–water partition coefficient (Wildman–Crippen LogP) is 3.10. The van der Waals surface area contributed by atoms with Crippen LogP contribution in [0.25, 0.3) is 10.9 Å². The first-order valence-corrected chi connectivity index (χ1v) is 12.9. The quantitative estimate of drug-likeness (QED) is 0.415. The fourth-order valence-corrected chi connectivity index (χ4v) is 6.09. The zero-order valence-corrected chi connectivity index (χ0v) is 20.3. The van der Waals surface area contributed by atoms with E-state index in [1.807, 2.05) is 12.1 Å². The minimum atomic E-state index is -0.188. The molecule has 2 atom stereocenters. The Kier molecular flexibility index (Phi) is 6.87. The molecule has 3 heterocycles. The van der Waals surface area contributed by atoms with Gasteiger partial charge in [0.25, 0.3) is 11.8 Å². The van der Waals surface area contributed by atoms with Crippen molar-refractivity contribution in [2.75, 3.05) is 19.7 Å². The Morgan fingerprint density at radius 1 is 1.18 bits per heavy atom. The van der Waals surface area contributed by atoms with E-state index in [0.29, 0.717) is 22.3 Å². The van der Waals surface area contributed by atoms with Crippen LogP contribution in [0.1, 0.15) is 56.5 Å². The van der Waals surface area contributed by atoms with Gasteiger partial charge in [-0.15, -0.1) is 11.3 Å². The van der Waals surface area contributed by atoms with Crippen LogP contribution in [0.2, 0.25) is 5.02 Å². The molecule has 0 spiro atoms. The minimum Gasteiger partial charge on any atom is -0.395 e. The highest BCUT2D eigenvalue weighted by atomic mass is 35.5. The van der Waals surface area contributed by atoms with Gasteiger partial charge in [0.2, 0.25) is 0 Å². The number of β-amino-alcohol motifs (C(OH)–C–C–N with tert-alkyl or cyclic N) is 1. The lowest BCUT2D eigenvalue weighted by atomic mass is 9.90. The van der Waals surface area contributed by atoms with Crippen molar-refractivity contribution < 1.29 is 14.7 Å². The molecule has 0 unspecified atom stereocenters. The van der Waals surface area contributed by atoms with Crippen LogP contribution in [0.4, 0.5) is 0 Å². The maximum absolute atomic E-state index is 13.0. The number of aromatic amines is 1. The van der Waals surface area contributed by atoms with Crippen molar-refractivity contribution in [3.8, 4) is 0 Å². The van der Waals surface area contributed by atoms with Gasteiger partial charge >= 0.3 is 0 Å². The first-order valence-electron chi connectivity index (χ1n) is 11.7. The molecular weight excluding hydrogens is 474 g/mol. The van der Waals surface area contributed by atoms with E-state index in [-0.39, 0.29) is 30.5 Å². The highest BCUT2D eigenvalue weighted by molar-refractivity contribution is 7.13. The highest BCUT2D eigenvalue weighted by Gasteiger charge is 2.30. The third-order valence-corrected chi connectivity index (χ3v) is 7.96. The number of hydrogen-bond acceptors (Lipinski definition) is 6. The standard InChI is InChI=1S/C24H28ClN5O3S/c25-15-5-6-16-14(11-15)12-20(26-16)22(32)27-17-3-1-2-4-18(17)28-23(33)24-29-19-7-8-30(9-10-31)13-21(19)34-24/h5-6,11-12,17-18,26,31H,1-4,7-10,13H2,(H,27,32)(H,28,33)/t17-,18+/m1/s1. The molecule has 0 saturated heterocycles. The lowest BCUT2D eigenvalue weighted by Crippen LogP contribution is -2.53. The van der Waals surface area contributed by atoms with Crippen molar-refractivity contribution in [3.05, 3.63) is 50.6 Å². The monoisotopic (exact) mass is 501 g/mol. The predicted molar refractivity (Wildman–Crippen MR) is 132 cm³/mol. The first-order chi connectivity index (χ1) is 16.5. The van der Waals surface area contributed by atoms with E-state index >= 15 is 0 Å². The number of fused-ring (bicyclic) bond motifs is 2. The molecule has 34 heavy (non-hydrogen) atoms. The first kappa shape index (κ1) is 23.3. The van der Waals surface area contributed by atoms with Gasteiger partial charge in [0.05, 0.1) is 12.3 Å². The second-order valence-corrected chi connectivity index (χ2v) is 10.5. The number of aromatic nitrogens is 2. The fourth-order valence-electron chi connectivity index (χ4n) is 4.86. The summed E-state index contributed by atoms with van der Waals surface area (Å²) in [5, 5.41) is 17.4. The number of H-pyrrole nitrogens is 1. The van der Waals surface area contributed by atoms with E-state index in [2.05, 4.69) is 25.5 Å². The van der Waals surface area contributed by atoms with Gasteiger partial charge in [0.15, 0.2) is 5.01 Å². The summed E-state index contributed by atoms with van der Waals surface area (Å²) in [4.78, 5) is 37.0. The van der Waals surface area contributed by atoms with Crippen LogP contribution in [0, 0.1) is 0 Å². The maximum Gasteiger partial charge on any atom is 0.280 e. The van der Waals surface area contributed by atoms with Crippen LogP contribution >= 0.6 is 22.9 Å². The molecular formula is C24H28ClN5O3S. The molecule has 3 aromatic rings. The number of aliphatic hydroxyl groups excluding tert-OH is 1. The van der Waals surface area contributed by atoms with Crippen LogP contribution < -0.4 is 10.6 Å². The second-order valence-electron chi connectivity index (χ2n) is 9.00. The van der Waals surface area contributed by atoms with E-state index in [0.717, 1.165) is 66.7 Å². The van der Waals surface area contributed by atoms with Gasteiger partial charge in [-0.05, 0) is 37.1 Å². The summed E-state index contributed by atoms with van der Waals surface area (Å²) in [6.45, 7) is 2.32. The number of aliphatic hydroxyl groups is 1. The maximum atomic E-state index is 13.0. The molecule has 1 aliphatic carbocycles. The van der Waals surface area contributed by atoms with E-state index in [9.17, 15) is 14.7 Å². The Morgan fingerprint density at radius 3 is 2.71 bits per heavy atom. The number of nitrogens with one attached hydrogen (secondary N) is 3. The lowest BCUT2D eigenvalue weighted by Gasteiger charge is -2.32. The summed E-state index contributed by atoms with van der Waals surface area (Å²) >= 11 is 7.49. The summed E-state index contributed by atoms with van der Waals surface area (Å²) in [6, 6.07) is 6.98. The average Bonchev–Trinajstić information content (AvgIpc) is 3.44. The van der Waals surface area contributed by atoms with Crippen LogP contribution in [0.5, 0.6) is 0 Å². The van der Waals surface area contributed by atoms with Gasteiger partial charge in [-0.3, -0.25) is 14.5 Å². The molecule has 0 bridgehead atoms. The third kappa shape index (κ3) is 4.98. The summed E-state index contributed by atoms with van der Waals surface area (Å²) in [5.74, 6) is -0.369. The molecule has 1 fully saturated rings. The van der Waals surface area contributed by atoms with Crippen molar-refractivity contribution in [3.63, 3.8) is 0 Å². The van der Waals surface area contributed by atoms with Gasteiger partial charge in [0, 0.05) is 58.9 Å². The molecule has 1 aliphatic heterocycles. The number of carbonyl (C=O) groups excluding carboxylic acids is 2. The largest absolute Gasteiger partial charge is 0.395 e. The van der Waals surface area contributed by atoms with Crippen LogP contribution in [0.3, 0.4) is 0 Å². The average molecular weight is 502 g/mol. The Bertz CT molecular complexity index is 1210. The van der Waals surface area contributed by atoms with Crippen molar-refractivity contribution in [2.24, 2.45) is 0 Å². The molecule has 4 N–H and O–H groups in total. The SMILES string of the molecule is O=C(N[C@@H]1CCCC[C@@H]1NC(=O)c1nc2c(s1)CN(CCO)CC2)c1cc2cc(Cl)ccc2[nH]1. The third-order valence-electron chi connectivity index (χ3n) is 6.65. The van der Waals surface area contributed by atoms with E-state index in [1.165, 1.54) is 11.3 Å². The number of hydrogen-bond donors (Lipinski definition) is 4. The zero-order valence-electron chi connectivity index (χ0n) is 18.8. The summed E-state index contributed by atoms with van der Waals surface area (Å²) in [6.07, 6.45) is 4.43. The molecule has 2 amide bonds. The minimum absolute atomic E-state index is 0.128. The fraction of sp³-hybridized carbons (Fsp3) is 0.458. The molecule has 10 heteroatoms. The summed E-state index contributed by atoms with van der Waals surface area (Å²) in [7, 11) is 0. The summed E-state index contributed by atoms with van der Waals surface area (Å²) < 4.78 is 0. The van der Waals surface area contributed by atoms with E-state index in [4.69, 9.17) is 11.6 Å². The van der Waals surface area contributed by atoms with E-state index in [1.54, 1.807) is 12.1 Å². The Morgan fingerprint density at radius 2 is 1.94 bits per heavy atom. The van der Waals surface area contributed by atoms with Crippen molar-refractivity contribution >= 4 is 45.7 Å². The molecule has 1 saturated carbocycles. The molecule has 8 nitrogen and oxygen atoms in total. The highest BCUT2D eigenvalue weighted by Crippen LogP contribution is 2.26. The van der Waals surface area contributed by atoms with Gasteiger partial charge in [-0.2, -0.15) is 0 Å². The van der Waals surface area contributed by atoms with Gasteiger partial charge < -0.3 is 20.7 Å². The number of thiazole rings is 1. The number of benzene rings is 1. The molecule has 1 aromatic carbocycles. The Labute approximate surface area is 206 Å². The second kappa shape index (κ2) is 10.0. The molecule has 2 aromatic heterocycles. The number of nitrogens with zero attached hydrogens (tertiary/aromatic N) is 2. The Balaban J connectivity index is 1.25. The van der Waals surface area contributed by atoms with Gasteiger partial charge in [-0.1, -0.05) is 24.4 Å². The summed E-state index contributed by atoms with van der Waals surface area (Å²) in [5.41, 5.74) is 2.32. The smallest absolute Gasteiger partial charge is 0.280 e. The van der Waals surface area contributed by atoms with Crippen molar-refractivity contribution in [1.82, 2.24) is 25.5 Å². The van der Waals surface area contributed by atoms with Gasteiger partial charge in [-0.25, -0.2) is 4.98 Å². The normalized spacial score (nSPS) is 20.8. The topological polar surface area (TPSA) is 110 Å². The van der Waals surface area contributed by atoms with Gasteiger partial charge in [0.1, 0.15) is 5.69 Å². The number of rotatable bonds is 6. The Hall–Kier alpha value is -2.46. The van der Waals surface area contributed by atoms with Crippen LogP contribution in [0.15, 0.2) is 24.3 Å².